The smallest absolute Gasteiger partial charge is 0.256 e. The lowest BCUT2D eigenvalue weighted by atomic mass is 10.0. The molecule has 0 fully saturated rings. The minimum Gasteiger partial charge on any atom is -0.355 e. The summed E-state index contributed by atoms with van der Waals surface area (Å²) in [5, 5.41) is 5.30. The minimum absolute atomic E-state index is 0.119. The summed E-state index contributed by atoms with van der Waals surface area (Å²) in [5.41, 5.74) is 2.71. The van der Waals surface area contributed by atoms with E-state index in [4.69, 9.17) is 0 Å². The molecule has 0 bridgehead atoms. The lowest BCUT2D eigenvalue weighted by molar-refractivity contribution is -0.110. The van der Waals surface area contributed by atoms with E-state index < -0.39 is 0 Å². The lowest BCUT2D eigenvalue weighted by Gasteiger charge is -2.02. The summed E-state index contributed by atoms with van der Waals surface area (Å²) in [5.74, 6) is -0.274. The molecule has 0 spiro atoms. The van der Waals surface area contributed by atoms with Gasteiger partial charge in [0.05, 0.1) is 0 Å². The Balaban J connectivity index is 2.52. The zero-order valence-corrected chi connectivity index (χ0v) is 9.13. The Morgan fingerprint density at radius 1 is 1.44 bits per heavy atom. The van der Waals surface area contributed by atoms with Gasteiger partial charge >= 0.3 is 0 Å². The first kappa shape index (κ1) is 10.4. The first-order chi connectivity index (χ1) is 7.67. The maximum atomic E-state index is 11.5. The van der Waals surface area contributed by atoms with E-state index >= 15 is 0 Å². The zero-order chi connectivity index (χ0) is 11.7. The summed E-state index contributed by atoms with van der Waals surface area (Å²) in [4.78, 5) is 23.0. The quantitative estimate of drug-likeness (QED) is 0.697. The number of nitrogens with one attached hydrogen (secondary N) is 2. The van der Waals surface area contributed by atoms with Gasteiger partial charge in [-0.25, -0.2) is 0 Å². The van der Waals surface area contributed by atoms with Gasteiger partial charge in [-0.15, -0.1) is 0 Å². The number of rotatable bonds is 1. The first-order valence-electron chi connectivity index (χ1n) is 5.01. The van der Waals surface area contributed by atoms with E-state index in [1.165, 1.54) is 0 Å². The molecule has 0 unspecified atom stereocenters. The van der Waals surface area contributed by atoms with Gasteiger partial charge in [-0.2, -0.15) is 0 Å². The maximum Gasteiger partial charge on any atom is 0.256 e. The Labute approximate surface area is 93.3 Å². The molecule has 4 heteroatoms. The molecule has 1 aliphatic heterocycles. The lowest BCUT2D eigenvalue weighted by Crippen LogP contribution is -2.17. The summed E-state index contributed by atoms with van der Waals surface area (Å²) < 4.78 is 0. The molecule has 1 aromatic rings. The van der Waals surface area contributed by atoms with Gasteiger partial charge in [0, 0.05) is 29.4 Å². The summed E-state index contributed by atoms with van der Waals surface area (Å²) >= 11 is 0. The second kappa shape index (κ2) is 3.81. The molecular formula is C12H12N2O2. The van der Waals surface area contributed by atoms with Crippen molar-refractivity contribution in [1.82, 2.24) is 5.32 Å². The normalized spacial score (nSPS) is 15.9. The van der Waals surface area contributed by atoms with E-state index in [-0.39, 0.29) is 11.8 Å². The number of amides is 2. The van der Waals surface area contributed by atoms with Gasteiger partial charge < -0.3 is 10.6 Å². The second-order valence-electron chi connectivity index (χ2n) is 3.50. The minimum atomic E-state index is -0.155. The number of carbonyl (C=O) groups excluding carboxylic acids is 2. The van der Waals surface area contributed by atoms with Crippen molar-refractivity contribution in [3.63, 3.8) is 0 Å². The Morgan fingerprint density at radius 2 is 2.19 bits per heavy atom. The highest BCUT2D eigenvalue weighted by molar-refractivity contribution is 6.31. The van der Waals surface area contributed by atoms with Gasteiger partial charge in [-0.3, -0.25) is 9.59 Å². The number of hydrogen-bond donors (Lipinski definition) is 2. The van der Waals surface area contributed by atoms with Crippen LogP contribution in [0, 0.1) is 0 Å². The second-order valence-corrected chi connectivity index (χ2v) is 3.50. The summed E-state index contributed by atoms with van der Waals surface area (Å²) in [6.45, 7) is 1.80. The predicted octanol–water partition coefficient (Wildman–Crippen LogP) is 1.40. The Hall–Kier alpha value is -2.10. The van der Waals surface area contributed by atoms with Crippen molar-refractivity contribution in [2.24, 2.45) is 0 Å². The van der Waals surface area contributed by atoms with Gasteiger partial charge in [-0.1, -0.05) is 6.08 Å². The summed E-state index contributed by atoms with van der Waals surface area (Å²) in [6.07, 6.45) is 1.74. The molecule has 0 saturated heterocycles. The number of allylic oxidation sites excluding steroid dienone is 1. The molecule has 1 aromatic carbocycles. The average Bonchev–Trinajstić information content (AvgIpc) is 2.62. The molecule has 1 aliphatic rings. The summed E-state index contributed by atoms with van der Waals surface area (Å²) in [6, 6.07) is 5.16. The van der Waals surface area contributed by atoms with E-state index in [0.717, 1.165) is 11.3 Å². The van der Waals surface area contributed by atoms with Crippen LogP contribution in [0.1, 0.15) is 22.8 Å². The molecule has 82 valence electrons. The topological polar surface area (TPSA) is 58.2 Å². The molecule has 2 amide bonds. The van der Waals surface area contributed by atoms with Gasteiger partial charge in [0.2, 0.25) is 0 Å². The maximum absolute atomic E-state index is 11.5. The van der Waals surface area contributed by atoms with E-state index in [1.807, 2.05) is 0 Å². The predicted molar refractivity (Wildman–Crippen MR) is 62.1 cm³/mol. The number of hydrogen-bond acceptors (Lipinski definition) is 2. The van der Waals surface area contributed by atoms with Crippen molar-refractivity contribution in [2.75, 3.05) is 12.4 Å². The van der Waals surface area contributed by atoms with Crippen LogP contribution in [0.3, 0.4) is 0 Å². The molecule has 2 rings (SSSR count). The van der Waals surface area contributed by atoms with Crippen LogP contribution in [0.4, 0.5) is 5.69 Å². The first-order valence-corrected chi connectivity index (χ1v) is 5.01. The molecule has 0 radical (unpaired) electrons. The molecule has 4 nitrogen and oxygen atoms in total. The van der Waals surface area contributed by atoms with Crippen molar-refractivity contribution in [2.45, 2.75) is 6.92 Å². The van der Waals surface area contributed by atoms with E-state index in [9.17, 15) is 9.59 Å². The third kappa shape index (κ3) is 1.48. The molecule has 1 heterocycles. The Kier molecular flexibility index (Phi) is 2.48. The van der Waals surface area contributed by atoms with Gasteiger partial charge in [0.15, 0.2) is 0 Å². The number of carbonyl (C=O) groups is 2. The number of anilines is 1. The Morgan fingerprint density at radius 3 is 2.81 bits per heavy atom. The van der Waals surface area contributed by atoms with Crippen molar-refractivity contribution in [3.8, 4) is 0 Å². The highest BCUT2D eigenvalue weighted by Crippen LogP contribution is 2.32. The van der Waals surface area contributed by atoms with Crippen molar-refractivity contribution in [1.29, 1.82) is 0 Å². The SMILES string of the molecule is C/C=C1/C(=O)Nc2ccc(C(=O)NC)cc21. The van der Waals surface area contributed by atoms with Crippen molar-refractivity contribution in [3.05, 3.63) is 35.4 Å². The van der Waals surface area contributed by atoms with Crippen LogP contribution in [0.15, 0.2) is 24.3 Å². The highest BCUT2D eigenvalue weighted by atomic mass is 16.2. The largest absolute Gasteiger partial charge is 0.355 e. The number of fused-ring (bicyclic) bond motifs is 1. The fourth-order valence-corrected chi connectivity index (χ4v) is 1.76. The van der Waals surface area contributed by atoms with E-state index in [1.54, 1.807) is 38.2 Å². The average molecular weight is 216 g/mol. The third-order valence-electron chi connectivity index (χ3n) is 2.58. The third-order valence-corrected chi connectivity index (χ3v) is 2.58. The van der Waals surface area contributed by atoms with Crippen LogP contribution in [0.5, 0.6) is 0 Å². The molecule has 2 N–H and O–H groups in total. The van der Waals surface area contributed by atoms with Gasteiger partial charge in [-0.05, 0) is 25.1 Å². The van der Waals surface area contributed by atoms with E-state index in [2.05, 4.69) is 10.6 Å². The monoisotopic (exact) mass is 216 g/mol. The molecule has 0 saturated carbocycles. The molecule has 0 atom stereocenters. The Bertz CT molecular complexity index is 504. The highest BCUT2D eigenvalue weighted by Gasteiger charge is 2.24. The van der Waals surface area contributed by atoms with Gasteiger partial charge in [0.25, 0.3) is 11.8 Å². The van der Waals surface area contributed by atoms with Crippen LogP contribution in [-0.4, -0.2) is 18.9 Å². The molecule has 16 heavy (non-hydrogen) atoms. The van der Waals surface area contributed by atoms with Crippen molar-refractivity contribution >= 4 is 23.1 Å². The number of benzene rings is 1. The summed E-state index contributed by atoms with van der Waals surface area (Å²) in [7, 11) is 1.58. The van der Waals surface area contributed by atoms with Gasteiger partial charge in [0.1, 0.15) is 0 Å². The molecular weight excluding hydrogens is 204 g/mol. The van der Waals surface area contributed by atoms with Crippen LogP contribution < -0.4 is 10.6 Å². The van der Waals surface area contributed by atoms with Crippen LogP contribution >= 0.6 is 0 Å². The zero-order valence-electron chi connectivity index (χ0n) is 9.13. The molecule has 0 aliphatic carbocycles. The van der Waals surface area contributed by atoms with Crippen LogP contribution in [0.2, 0.25) is 0 Å². The van der Waals surface area contributed by atoms with E-state index in [0.29, 0.717) is 11.1 Å². The van der Waals surface area contributed by atoms with Crippen LogP contribution in [-0.2, 0) is 4.79 Å². The van der Waals surface area contributed by atoms with Crippen LogP contribution in [0.25, 0.3) is 5.57 Å². The fraction of sp³-hybridized carbons (Fsp3) is 0.167. The van der Waals surface area contributed by atoms with Crippen molar-refractivity contribution < 1.29 is 9.59 Å². The molecule has 0 aromatic heterocycles. The fourth-order valence-electron chi connectivity index (χ4n) is 1.76. The standard InChI is InChI=1S/C12H12N2O2/c1-3-8-9-6-7(11(15)13-2)4-5-10(9)14-12(8)16/h3-6H,1-2H3,(H,13,15)(H,14,16)/b8-3+.